The molecule has 2 amide bonds. The second-order valence-corrected chi connectivity index (χ2v) is 20.9. The molecule has 0 spiro atoms. The molecule has 4 heterocycles. The summed E-state index contributed by atoms with van der Waals surface area (Å²) in [5, 5.41) is 26.6. The van der Waals surface area contributed by atoms with Crippen molar-refractivity contribution in [1.82, 2.24) is 20.6 Å². The maximum absolute atomic E-state index is 13.9. The Kier molecular flexibility index (Phi) is 22.1. The number of aromatic nitrogens is 2. The topological polar surface area (TPSA) is 264 Å². The molecule has 2 saturated heterocycles. The Bertz CT molecular complexity index is 2510. The van der Waals surface area contributed by atoms with Crippen LogP contribution in [-0.4, -0.2) is 118 Å². The molecular weight excluding hydrogens is 986 g/mol. The Morgan fingerprint density at radius 1 is 0.545 bits per heavy atom. The molecule has 2 aromatic heterocycles. The number of amides is 2. The number of carbonyl (C=O) groups excluding carboxylic acids is 8. The molecular formula is C57H70B2N4O14. The molecule has 0 unspecified atom stereocenters. The van der Waals surface area contributed by atoms with Gasteiger partial charge in [0.05, 0.1) is 36.4 Å². The van der Waals surface area contributed by atoms with Crippen LogP contribution in [0, 0.1) is 11.8 Å². The number of nitrogens with one attached hydrogen (secondary N) is 2. The predicted octanol–water partition coefficient (Wildman–Crippen LogP) is 6.95. The van der Waals surface area contributed by atoms with Gasteiger partial charge in [0.2, 0.25) is 0 Å². The number of aliphatic hydroxyl groups excluding tert-OH is 2. The summed E-state index contributed by atoms with van der Waals surface area (Å²) in [4.78, 5) is 116. The molecule has 20 heteroatoms. The van der Waals surface area contributed by atoms with Gasteiger partial charge in [0, 0.05) is 48.4 Å². The Balaban J connectivity index is 0.987. The average Bonchev–Trinajstić information content (AvgIpc) is 3.41. The minimum atomic E-state index is -1.33. The zero-order chi connectivity index (χ0) is 55.8. The fourth-order valence-electron chi connectivity index (χ4n) is 9.62. The van der Waals surface area contributed by atoms with Crippen molar-refractivity contribution in [3.05, 3.63) is 108 Å². The highest BCUT2D eigenvalue weighted by atomic mass is 16.6. The van der Waals surface area contributed by atoms with Crippen molar-refractivity contribution in [2.24, 2.45) is 11.8 Å². The molecule has 0 saturated carbocycles. The number of benzene rings is 2. The van der Waals surface area contributed by atoms with Gasteiger partial charge in [-0.25, -0.2) is 9.97 Å². The standard InChI is InChI=1S/C57H70B2N4O14/c1-34(2)28-40(30-48(68)54(36(5)64)62-56(72)44-24-16-22-42(60-44)38-18-10-7-11-19-38)58-74-50(32-52(70)76-58)46(66)26-14-9-15-27-47(67)51-33-53(71)77-59(75-51)41(29-35(3)4)31-49(69)55(37(6)65)63-57(73)45-25-17-23-43(61-45)39-20-12-8-13-21-39/h7-8,10-13,16-25,34-37,40-41,50-51,54-55,64-65H,9,14-15,26-33H2,1-6H3,(H,62,72)(H,63,73)/t36-,37-,40-,41-,50-,51-,54+,55+/m1/s1. The Morgan fingerprint density at radius 3 is 1.27 bits per heavy atom. The molecule has 4 aromatic rings. The van der Waals surface area contributed by atoms with Crippen molar-refractivity contribution in [3.8, 4) is 22.5 Å². The van der Waals surface area contributed by atoms with E-state index in [2.05, 4.69) is 20.6 Å². The van der Waals surface area contributed by atoms with E-state index in [1.165, 1.54) is 26.0 Å². The van der Waals surface area contributed by atoms with Gasteiger partial charge in [-0.15, -0.1) is 0 Å². The van der Waals surface area contributed by atoms with Gasteiger partial charge in [0.15, 0.2) is 23.1 Å². The third-order valence-electron chi connectivity index (χ3n) is 13.4. The van der Waals surface area contributed by atoms with Crippen LogP contribution in [0.1, 0.15) is 133 Å². The highest BCUT2D eigenvalue weighted by molar-refractivity contribution is 6.50. The summed E-state index contributed by atoms with van der Waals surface area (Å²) < 4.78 is 23.4. The molecule has 18 nitrogen and oxygen atoms in total. The number of nitrogens with zero attached hydrogens (tertiary/aromatic N) is 2. The van der Waals surface area contributed by atoms with Gasteiger partial charge in [-0.1, -0.05) is 107 Å². The van der Waals surface area contributed by atoms with Crippen molar-refractivity contribution in [3.63, 3.8) is 0 Å². The fourth-order valence-corrected chi connectivity index (χ4v) is 9.62. The summed E-state index contributed by atoms with van der Waals surface area (Å²) in [6.07, 6.45) is -4.13. The second-order valence-electron chi connectivity index (χ2n) is 20.9. The quantitative estimate of drug-likeness (QED) is 0.0331. The van der Waals surface area contributed by atoms with E-state index >= 15 is 0 Å². The number of Topliss-reactive ketones (excluding diaryl/α,β-unsaturated/α-hetero) is 4. The normalized spacial score (nSPS) is 18.1. The molecule has 2 aromatic carbocycles. The van der Waals surface area contributed by atoms with Crippen molar-refractivity contribution in [1.29, 1.82) is 0 Å². The van der Waals surface area contributed by atoms with E-state index in [0.717, 1.165) is 11.1 Å². The molecule has 2 fully saturated rings. The molecule has 8 atom stereocenters. The average molecular weight is 1060 g/mol. The lowest BCUT2D eigenvalue weighted by Crippen LogP contribution is -2.50. The van der Waals surface area contributed by atoms with Crippen LogP contribution < -0.4 is 10.6 Å². The van der Waals surface area contributed by atoms with Crippen LogP contribution in [0.5, 0.6) is 0 Å². The number of pyridine rings is 2. The van der Waals surface area contributed by atoms with Crippen LogP contribution in [0.15, 0.2) is 97.1 Å². The molecule has 77 heavy (non-hydrogen) atoms. The van der Waals surface area contributed by atoms with E-state index in [4.69, 9.17) is 18.6 Å². The van der Waals surface area contributed by atoms with Crippen LogP contribution in [-0.2, 0) is 47.4 Å². The number of hydrogen-bond acceptors (Lipinski definition) is 16. The van der Waals surface area contributed by atoms with Crippen molar-refractivity contribution < 1.29 is 67.2 Å². The largest absolute Gasteiger partial charge is 0.531 e. The van der Waals surface area contributed by atoms with Crippen LogP contribution in [0.3, 0.4) is 0 Å². The predicted molar refractivity (Wildman–Crippen MR) is 287 cm³/mol. The highest BCUT2D eigenvalue weighted by Gasteiger charge is 2.46. The van der Waals surface area contributed by atoms with Gasteiger partial charge in [-0.05, 0) is 75.6 Å². The Hall–Kier alpha value is -6.73. The zero-order valence-electron chi connectivity index (χ0n) is 44.6. The minimum absolute atomic E-state index is 0.00244. The summed E-state index contributed by atoms with van der Waals surface area (Å²) in [5.41, 5.74) is 2.78. The molecule has 6 rings (SSSR count). The van der Waals surface area contributed by atoms with Gasteiger partial charge in [-0.2, -0.15) is 0 Å². The smallest absolute Gasteiger partial charge is 0.509 e. The molecule has 0 bridgehead atoms. The van der Waals surface area contributed by atoms with E-state index in [1.54, 1.807) is 24.3 Å². The second kappa shape index (κ2) is 28.6. The third kappa shape index (κ3) is 17.6. The number of ketones is 4. The summed E-state index contributed by atoms with van der Waals surface area (Å²) in [6, 6.07) is 25.7. The first-order chi connectivity index (χ1) is 36.8. The first-order valence-corrected chi connectivity index (χ1v) is 26.6. The van der Waals surface area contributed by atoms with E-state index in [-0.39, 0.29) is 73.3 Å². The molecule has 0 radical (unpaired) electrons. The van der Waals surface area contributed by atoms with Gasteiger partial charge in [0.25, 0.3) is 23.8 Å². The number of aliphatic hydroxyl groups is 2. The van der Waals surface area contributed by atoms with Crippen LogP contribution >= 0.6 is 0 Å². The van der Waals surface area contributed by atoms with Gasteiger partial charge < -0.3 is 39.5 Å². The number of hydrogen-bond donors (Lipinski definition) is 4. The summed E-state index contributed by atoms with van der Waals surface area (Å²) >= 11 is 0. The van der Waals surface area contributed by atoms with E-state index in [9.17, 15) is 48.6 Å². The van der Waals surface area contributed by atoms with Gasteiger partial charge in [-0.3, -0.25) is 38.4 Å². The summed E-state index contributed by atoms with van der Waals surface area (Å²) in [6.45, 7) is 10.4. The van der Waals surface area contributed by atoms with Gasteiger partial charge >= 0.3 is 14.2 Å². The number of rotatable bonds is 28. The van der Waals surface area contributed by atoms with E-state index in [1.807, 2.05) is 88.4 Å². The van der Waals surface area contributed by atoms with Crippen molar-refractivity contribution in [2.45, 2.75) is 160 Å². The van der Waals surface area contributed by atoms with E-state index < -0.39 is 97.7 Å². The summed E-state index contributed by atoms with van der Waals surface area (Å²) in [5.74, 6) is -5.87. The summed E-state index contributed by atoms with van der Waals surface area (Å²) in [7, 11) is -2.50. The first-order valence-electron chi connectivity index (χ1n) is 26.6. The zero-order valence-corrected chi connectivity index (χ0v) is 44.6. The maximum Gasteiger partial charge on any atom is 0.531 e. The lowest BCUT2D eigenvalue weighted by Gasteiger charge is -2.32. The van der Waals surface area contributed by atoms with E-state index in [0.29, 0.717) is 43.5 Å². The lowest BCUT2D eigenvalue weighted by molar-refractivity contribution is -0.148. The number of carbonyl (C=O) groups is 8. The molecule has 2 aliphatic rings. The molecule has 0 aliphatic carbocycles. The van der Waals surface area contributed by atoms with Gasteiger partial charge in [0.1, 0.15) is 35.7 Å². The first kappa shape index (κ1) is 59.5. The fraction of sp³-hybridized carbons (Fsp3) is 0.474. The van der Waals surface area contributed by atoms with Crippen molar-refractivity contribution >= 4 is 61.1 Å². The minimum Gasteiger partial charge on any atom is -0.509 e. The maximum atomic E-state index is 13.9. The molecule has 408 valence electrons. The van der Waals surface area contributed by atoms with Crippen LogP contribution in [0.25, 0.3) is 22.5 Å². The molecule has 4 N–H and O–H groups in total. The Morgan fingerprint density at radius 2 is 0.922 bits per heavy atom. The number of unbranched alkanes of at least 4 members (excludes halogenated alkanes) is 2. The van der Waals surface area contributed by atoms with Crippen LogP contribution in [0.4, 0.5) is 0 Å². The molecule has 2 aliphatic heterocycles. The lowest BCUT2D eigenvalue weighted by atomic mass is 9.64. The third-order valence-corrected chi connectivity index (χ3v) is 13.4. The highest BCUT2D eigenvalue weighted by Crippen LogP contribution is 2.34. The SMILES string of the molecule is CC(C)C[C@H](CC(=O)[C@@H](NC(=O)c1cccc(-c2ccccc2)n1)[C@@H](C)O)B1OC(=O)C[C@H](C(=O)CCCCCC(=O)[C@H]2CC(=O)OB([C@@H](CC(=O)[C@@H](NC(=O)c3cccc(-c4ccccc4)n3)[C@@H](C)O)CC(C)C)O2)O1. The van der Waals surface area contributed by atoms with Crippen LogP contribution in [0.2, 0.25) is 11.6 Å². The van der Waals surface area contributed by atoms with Crippen molar-refractivity contribution in [2.75, 3.05) is 0 Å². The monoisotopic (exact) mass is 1060 g/mol. The Labute approximate surface area is 450 Å².